The summed E-state index contributed by atoms with van der Waals surface area (Å²) in [5, 5.41) is 3.21. The molecule has 0 atom stereocenters. The molecule has 1 N–H and O–H groups in total. The van der Waals surface area contributed by atoms with Crippen LogP contribution in [0.2, 0.25) is 5.02 Å². The Labute approximate surface area is 160 Å². The molecule has 1 aliphatic carbocycles. The lowest BCUT2D eigenvalue weighted by atomic mass is 10.2. The molecular formula is C18H27ClN2O4S. The second-order valence-electron chi connectivity index (χ2n) is 6.68. The molecule has 0 aliphatic heterocycles. The van der Waals surface area contributed by atoms with Crippen LogP contribution in [-0.4, -0.2) is 46.4 Å². The monoisotopic (exact) mass is 402 g/mol. The van der Waals surface area contributed by atoms with E-state index in [-0.39, 0.29) is 12.5 Å². The third-order valence-corrected chi connectivity index (χ3v) is 5.98. The van der Waals surface area contributed by atoms with Gasteiger partial charge < -0.3 is 10.1 Å². The number of benzene rings is 1. The molecule has 1 aliphatic rings. The van der Waals surface area contributed by atoms with E-state index in [4.69, 9.17) is 16.3 Å². The van der Waals surface area contributed by atoms with Crippen molar-refractivity contribution in [3.05, 3.63) is 28.8 Å². The van der Waals surface area contributed by atoms with Crippen molar-refractivity contribution in [3.63, 3.8) is 0 Å². The lowest BCUT2D eigenvalue weighted by molar-refractivity contribution is -0.119. The van der Waals surface area contributed by atoms with Crippen LogP contribution in [0.5, 0.6) is 0 Å². The van der Waals surface area contributed by atoms with Crippen LogP contribution in [-0.2, 0) is 19.6 Å². The van der Waals surface area contributed by atoms with Gasteiger partial charge in [-0.05, 0) is 43.9 Å². The number of ether oxygens (including phenoxy) is 1. The molecule has 0 aromatic heterocycles. The molecular weight excluding hydrogens is 376 g/mol. The Bertz CT molecular complexity index is 718. The third-order valence-electron chi connectivity index (χ3n) is 4.43. The van der Waals surface area contributed by atoms with Crippen molar-refractivity contribution in [2.24, 2.45) is 0 Å². The molecule has 1 fully saturated rings. The first-order valence-corrected chi connectivity index (χ1v) is 11.1. The van der Waals surface area contributed by atoms with E-state index in [1.807, 2.05) is 6.92 Å². The van der Waals surface area contributed by atoms with Gasteiger partial charge in [0.05, 0.1) is 18.0 Å². The van der Waals surface area contributed by atoms with Gasteiger partial charge in [0.1, 0.15) is 6.54 Å². The van der Waals surface area contributed by atoms with Gasteiger partial charge in [-0.25, -0.2) is 8.42 Å². The average Bonchev–Trinajstić information content (AvgIpc) is 3.07. The molecule has 146 valence electrons. The smallest absolute Gasteiger partial charge is 0.240 e. The highest BCUT2D eigenvalue weighted by molar-refractivity contribution is 7.92. The SMILES string of the molecule is Cc1ccc(N(CC(=O)NCCCOC2CCCC2)S(C)(=O)=O)cc1Cl. The molecule has 0 radical (unpaired) electrons. The zero-order chi connectivity index (χ0) is 19.2. The number of anilines is 1. The molecule has 0 saturated heterocycles. The van der Waals surface area contributed by atoms with E-state index in [2.05, 4.69) is 5.32 Å². The highest BCUT2D eigenvalue weighted by atomic mass is 35.5. The highest BCUT2D eigenvalue weighted by Gasteiger charge is 2.21. The molecule has 0 spiro atoms. The Hall–Kier alpha value is -1.31. The summed E-state index contributed by atoms with van der Waals surface area (Å²) in [4.78, 5) is 12.2. The third kappa shape index (κ3) is 6.45. The van der Waals surface area contributed by atoms with Crippen LogP contribution >= 0.6 is 11.6 Å². The van der Waals surface area contributed by atoms with Crippen molar-refractivity contribution in [1.82, 2.24) is 5.32 Å². The van der Waals surface area contributed by atoms with E-state index in [0.29, 0.717) is 36.4 Å². The van der Waals surface area contributed by atoms with Gasteiger partial charge in [-0.15, -0.1) is 0 Å². The van der Waals surface area contributed by atoms with E-state index in [0.717, 1.165) is 29.0 Å². The van der Waals surface area contributed by atoms with Gasteiger partial charge in [0.25, 0.3) is 0 Å². The maximum Gasteiger partial charge on any atom is 0.240 e. The Morgan fingerprint density at radius 1 is 1.35 bits per heavy atom. The van der Waals surface area contributed by atoms with E-state index in [1.165, 1.54) is 12.8 Å². The van der Waals surface area contributed by atoms with Crippen LogP contribution in [0, 0.1) is 6.92 Å². The van der Waals surface area contributed by atoms with Crippen LogP contribution in [0.4, 0.5) is 5.69 Å². The summed E-state index contributed by atoms with van der Waals surface area (Å²) in [6, 6.07) is 4.93. The van der Waals surface area contributed by atoms with Crippen molar-refractivity contribution in [1.29, 1.82) is 0 Å². The minimum absolute atomic E-state index is 0.276. The predicted molar refractivity (Wildman–Crippen MR) is 104 cm³/mol. The first-order valence-electron chi connectivity index (χ1n) is 8.89. The maximum atomic E-state index is 12.2. The largest absolute Gasteiger partial charge is 0.378 e. The lowest BCUT2D eigenvalue weighted by Crippen LogP contribution is -2.40. The topological polar surface area (TPSA) is 75.7 Å². The Kier molecular flexibility index (Phi) is 7.73. The number of halogens is 1. The molecule has 1 amide bonds. The highest BCUT2D eigenvalue weighted by Crippen LogP contribution is 2.24. The fourth-order valence-corrected chi connectivity index (χ4v) is 3.95. The molecule has 8 heteroatoms. The molecule has 0 bridgehead atoms. The zero-order valence-electron chi connectivity index (χ0n) is 15.3. The Balaban J connectivity index is 1.83. The van der Waals surface area contributed by atoms with E-state index < -0.39 is 10.0 Å². The molecule has 1 aromatic carbocycles. The molecule has 1 saturated carbocycles. The normalized spacial score (nSPS) is 15.2. The van der Waals surface area contributed by atoms with Crippen LogP contribution in [0.25, 0.3) is 0 Å². The second kappa shape index (κ2) is 9.58. The van der Waals surface area contributed by atoms with Gasteiger partial charge in [0.2, 0.25) is 15.9 Å². The standard InChI is InChI=1S/C18H27ClN2O4S/c1-14-8-9-15(12-17(14)19)21(26(2,23)24)13-18(22)20-10-5-11-25-16-6-3-4-7-16/h8-9,12,16H,3-7,10-11,13H2,1-2H3,(H,20,22). The number of hydrogen-bond acceptors (Lipinski definition) is 4. The maximum absolute atomic E-state index is 12.2. The number of nitrogens with zero attached hydrogens (tertiary/aromatic N) is 1. The van der Waals surface area contributed by atoms with Crippen molar-refractivity contribution in [2.45, 2.75) is 45.1 Å². The summed E-state index contributed by atoms with van der Waals surface area (Å²) in [5.74, 6) is -0.354. The van der Waals surface area contributed by atoms with Gasteiger partial charge in [0.15, 0.2) is 0 Å². The zero-order valence-corrected chi connectivity index (χ0v) is 16.9. The fourth-order valence-electron chi connectivity index (χ4n) is 2.93. The van der Waals surface area contributed by atoms with E-state index >= 15 is 0 Å². The Morgan fingerprint density at radius 3 is 2.65 bits per heavy atom. The summed E-state index contributed by atoms with van der Waals surface area (Å²) in [7, 11) is -3.60. The molecule has 0 heterocycles. The van der Waals surface area contributed by atoms with Crippen molar-refractivity contribution >= 4 is 33.2 Å². The second-order valence-corrected chi connectivity index (χ2v) is 9.00. The van der Waals surface area contributed by atoms with Gasteiger partial charge in [-0.2, -0.15) is 0 Å². The number of nitrogens with one attached hydrogen (secondary N) is 1. The van der Waals surface area contributed by atoms with Gasteiger partial charge in [-0.1, -0.05) is 30.5 Å². The molecule has 6 nitrogen and oxygen atoms in total. The fraction of sp³-hybridized carbons (Fsp3) is 0.611. The Morgan fingerprint density at radius 2 is 2.04 bits per heavy atom. The lowest BCUT2D eigenvalue weighted by Gasteiger charge is -2.22. The van der Waals surface area contributed by atoms with Crippen LogP contribution in [0.1, 0.15) is 37.7 Å². The quantitative estimate of drug-likeness (QED) is 0.644. The van der Waals surface area contributed by atoms with E-state index in [9.17, 15) is 13.2 Å². The number of aryl methyl sites for hydroxylation is 1. The van der Waals surface area contributed by atoms with Gasteiger partial charge in [0, 0.05) is 18.2 Å². The summed E-state index contributed by atoms with van der Waals surface area (Å²) < 4.78 is 30.9. The van der Waals surface area contributed by atoms with Gasteiger partial charge >= 0.3 is 0 Å². The number of carbonyl (C=O) groups is 1. The first-order chi connectivity index (χ1) is 12.3. The number of carbonyl (C=O) groups excluding carboxylic acids is 1. The summed E-state index contributed by atoms with van der Waals surface area (Å²) >= 11 is 6.08. The number of sulfonamides is 1. The molecule has 26 heavy (non-hydrogen) atoms. The van der Waals surface area contributed by atoms with Gasteiger partial charge in [-0.3, -0.25) is 9.10 Å². The minimum atomic E-state index is -3.60. The molecule has 2 rings (SSSR count). The van der Waals surface area contributed by atoms with E-state index in [1.54, 1.807) is 18.2 Å². The molecule has 0 unspecified atom stereocenters. The van der Waals surface area contributed by atoms with Crippen LogP contribution in [0.15, 0.2) is 18.2 Å². The summed E-state index contributed by atoms with van der Waals surface area (Å²) in [6.45, 7) is 2.62. The number of rotatable bonds is 9. The number of hydrogen-bond donors (Lipinski definition) is 1. The predicted octanol–water partition coefficient (Wildman–Crippen LogP) is 2.88. The average molecular weight is 403 g/mol. The van der Waals surface area contributed by atoms with Crippen LogP contribution < -0.4 is 9.62 Å². The molecule has 1 aromatic rings. The summed E-state index contributed by atoms with van der Waals surface area (Å²) in [5.41, 5.74) is 1.22. The summed E-state index contributed by atoms with van der Waals surface area (Å²) in [6.07, 6.45) is 6.83. The number of amides is 1. The van der Waals surface area contributed by atoms with Crippen molar-refractivity contribution in [3.8, 4) is 0 Å². The first kappa shape index (κ1) is 21.0. The van der Waals surface area contributed by atoms with Crippen molar-refractivity contribution < 1.29 is 17.9 Å². The minimum Gasteiger partial charge on any atom is -0.378 e. The van der Waals surface area contributed by atoms with Crippen LogP contribution in [0.3, 0.4) is 0 Å². The van der Waals surface area contributed by atoms with Crippen molar-refractivity contribution in [2.75, 3.05) is 30.3 Å².